The van der Waals surface area contributed by atoms with E-state index < -0.39 is 10.0 Å². The predicted molar refractivity (Wildman–Crippen MR) is 72.2 cm³/mol. The summed E-state index contributed by atoms with van der Waals surface area (Å²) in [5, 5.41) is 3.98. The van der Waals surface area contributed by atoms with Gasteiger partial charge in [0.25, 0.3) is 0 Å². The van der Waals surface area contributed by atoms with Crippen LogP contribution in [0.15, 0.2) is 10.6 Å². The van der Waals surface area contributed by atoms with Crippen molar-refractivity contribution in [3.8, 4) is 0 Å². The smallest absolute Gasteiger partial charge is 0.213 e. The van der Waals surface area contributed by atoms with Crippen LogP contribution in [-0.2, 0) is 16.6 Å². The van der Waals surface area contributed by atoms with Gasteiger partial charge in [0.1, 0.15) is 5.76 Å². The van der Waals surface area contributed by atoms with Gasteiger partial charge in [0.2, 0.25) is 10.0 Å². The predicted octanol–water partition coefficient (Wildman–Crippen LogP) is 0.840. The summed E-state index contributed by atoms with van der Waals surface area (Å²) >= 11 is 0. The highest BCUT2D eigenvalue weighted by molar-refractivity contribution is 7.89. The van der Waals surface area contributed by atoms with E-state index >= 15 is 0 Å². The number of rotatable bonds is 4. The quantitative estimate of drug-likeness (QED) is 0.821. The summed E-state index contributed by atoms with van der Waals surface area (Å²) in [5.74, 6) is 0.982. The SMILES string of the molecule is CCS(=O)(=O)N1CCCN(Cc2cc(C)on2)CC1. The average Bonchev–Trinajstić information content (AvgIpc) is 2.64. The monoisotopic (exact) mass is 287 g/mol. The van der Waals surface area contributed by atoms with Gasteiger partial charge in [0.15, 0.2) is 0 Å². The van der Waals surface area contributed by atoms with Crippen molar-refractivity contribution in [3.05, 3.63) is 17.5 Å². The van der Waals surface area contributed by atoms with E-state index in [0.717, 1.165) is 37.5 Å². The second kappa shape index (κ2) is 6.02. The normalized spacial score (nSPS) is 19.5. The van der Waals surface area contributed by atoms with Crippen molar-refractivity contribution in [1.29, 1.82) is 0 Å². The molecule has 0 aromatic carbocycles. The first-order valence-corrected chi connectivity index (χ1v) is 8.24. The molecule has 0 aliphatic carbocycles. The number of hydrogen-bond acceptors (Lipinski definition) is 5. The standard InChI is InChI=1S/C12H21N3O3S/c1-3-19(16,17)15-6-4-5-14(7-8-15)10-12-9-11(2)18-13-12/h9H,3-8,10H2,1-2H3. The van der Waals surface area contributed by atoms with Crippen LogP contribution in [0.3, 0.4) is 0 Å². The minimum absolute atomic E-state index is 0.176. The third-order valence-corrected chi connectivity index (χ3v) is 5.25. The molecule has 1 fully saturated rings. The maximum atomic E-state index is 11.9. The minimum Gasteiger partial charge on any atom is -0.361 e. The van der Waals surface area contributed by atoms with Gasteiger partial charge in [0, 0.05) is 32.2 Å². The Bertz CT molecular complexity index is 512. The van der Waals surface area contributed by atoms with Gasteiger partial charge in [-0.3, -0.25) is 4.90 Å². The van der Waals surface area contributed by atoms with Crippen molar-refractivity contribution in [3.63, 3.8) is 0 Å². The fraction of sp³-hybridized carbons (Fsp3) is 0.750. The number of sulfonamides is 1. The van der Waals surface area contributed by atoms with Crippen LogP contribution in [0.4, 0.5) is 0 Å². The van der Waals surface area contributed by atoms with Crippen molar-refractivity contribution in [2.24, 2.45) is 0 Å². The second-order valence-corrected chi connectivity index (χ2v) is 7.12. The molecule has 0 saturated carbocycles. The summed E-state index contributed by atoms with van der Waals surface area (Å²) in [6.45, 7) is 7.09. The van der Waals surface area contributed by atoms with Crippen molar-refractivity contribution in [2.75, 3.05) is 31.9 Å². The molecule has 0 spiro atoms. The fourth-order valence-electron chi connectivity index (χ4n) is 2.29. The lowest BCUT2D eigenvalue weighted by Crippen LogP contribution is -2.36. The molecule has 0 bridgehead atoms. The minimum atomic E-state index is -3.06. The molecule has 0 amide bonds. The molecule has 1 saturated heterocycles. The molecule has 1 aliphatic heterocycles. The number of nitrogens with zero attached hydrogens (tertiary/aromatic N) is 3. The molecular formula is C12H21N3O3S. The molecule has 0 radical (unpaired) electrons. The Hall–Kier alpha value is -0.920. The molecule has 7 heteroatoms. The molecule has 2 rings (SSSR count). The summed E-state index contributed by atoms with van der Waals surface area (Å²) in [5.41, 5.74) is 0.907. The lowest BCUT2D eigenvalue weighted by molar-refractivity contribution is 0.268. The van der Waals surface area contributed by atoms with E-state index in [-0.39, 0.29) is 5.75 Å². The second-order valence-electron chi connectivity index (χ2n) is 4.86. The molecule has 1 aromatic rings. The van der Waals surface area contributed by atoms with Crippen molar-refractivity contribution in [2.45, 2.75) is 26.8 Å². The van der Waals surface area contributed by atoms with E-state index in [4.69, 9.17) is 4.52 Å². The van der Waals surface area contributed by atoms with E-state index in [1.807, 2.05) is 13.0 Å². The summed E-state index contributed by atoms with van der Waals surface area (Å²) < 4.78 is 30.4. The Labute approximate surface area is 114 Å². The topological polar surface area (TPSA) is 66.7 Å². The average molecular weight is 287 g/mol. The molecular weight excluding hydrogens is 266 g/mol. The zero-order valence-electron chi connectivity index (χ0n) is 11.5. The van der Waals surface area contributed by atoms with Gasteiger partial charge in [-0.2, -0.15) is 0 Å². The Morgan fingerprint density at radius 3 is 2.74 bits per heavy atom. The summed E-state index contributed by atoms with van der Waals surface area (Å²) in [7, 11) is -3.06. The lowest BCUT2D eigenvalue weighted by atomic mass is 10.3. The van der Waals surface area contributed by atoms with E-state index in [1.165, 1.54) is 0 Å². The van der Waals surface area contributed by atoms with Crippen LogP contribution in [0, 0.1) is 6.92 Å². The first-order valence-electron chi connectivity index (χ1n) is 6.63. The van der Waals surface area contributed by atoms with E-state index in [9.17, 15) is 8.42 Å². The van der Waals surface area contributed by atoms with Crippen molar-refractivity contribution < 1.29 is 12.9 Å². The molecule has 1 aliphatic rings. The van der Waals surface area contributed by atoms with Crippen molar-refractivity contribution >= 4 is 10.0 Å². The van der Waals surface area contributed by atoms with Gasteiger partial charge in [-0.15, -0.1) is 0 Å². The lowest BCUT2D eigenvalue weighted by Gasteiger charge is -2.20. The van der Waals surface area contributed by atoms with Gasteiger partial charge < -0.3 is 4.52 Å². The van der Waals surface area contributed by atoms with E-state index in [0.29, 0.717) is 13.1 Å². The van der Waals surface area contributed by atoms with E-state index in [1.54, 1.807) is 11.2 Å². The fourth-order valence-corrected chi connectivity index (χ4v) is 3.42. The Morgan fingerprint density at radius 2 is 2.11 bits per heavy atom. The largest absolute Gasteiger partial charge is 0.361 e. The first-order chi connectivity index (χ1) is 9.01. The summed E-state index contributed by atoms with van der Waals surface area (Å²) in [6.07, 6.45) is 0.857. The van der Waals surface area contributed by atoms with Gasteiger partial charge in [0.05, 0.1) is 11.4 Å². The van der Waals surface area contributed by atoms with Gasteiger partial charge in [-0.1, -0.05) is 5.16 Å². The van der Waals surface area contributed by atoms with Crippen LogP contribution in [0.2, 0.25) is 0 Å². The maximum absolute atomic E-state index is 11.9. The molecule has 2 heterocycles. The van der Waals surface area contributed by atoms with Gasteiger partial charge >= 0.3 is 0 Å². The maximum Gasteiger partial charge on any atom is 0.213 e. The van der Waals surface area contributed by atoms with Crippen molar-refractivity contribution in [1.82, 2.24) is 14.4 Å². The van der Waals surface area contributed by atoms with Crippen LogP contribution in [0.25, 0.3) is 0 Å². The molecule has 108 valence electrons. The molecule has 19 heavy (non-hydrogen) atoms. The molecule has 0 atom stereocenters. The van der Waals surface area contributed by atoms with Gasteiger partial charge in [-0.05, 0) is 26.8 Å². The summed E-state index contributed by atoms with van der Waals surface area (Å²) in [6, 6.07) is 1.92. The third-order valence-electron chi connectivity index (χ3n) is 3.37. The third kappa shape index (κ3) is 3.77. The number of aryl methyl sites for hydroxylation is 1. The zero-order valence-corrected chi connectivity index (χ0v) is 12.3. The Kier molecular flexibility index (Phi) is 4.59. The Morgan fingerprint density at radius 1 is 1.32 bits per heavy atom. The molecule has 0 N–H and O–H groups in total. The van der Waals surface area contributed by atoms with E-state index in [2.05, 4.69) is 10.1 Å². The number of hydrogen-bond donors (Lipinski definition) is 0. The highest BCUT2D eigenvalue weighted by Gasteiger charge is 2.23. The van der Waals surface area contributed by atoms with Gasteiger partial charge in [-0.25, -0.2) is 12.7 Å². The number of aromatic nitrogens is 1. The van der Waals surface area contributed by atoms with Crippen LogP contribution >= 0.6 is 0 Å². The summed E-state index contributed by atoms with van der Waals surface area (Å²) in [4.78, 5) is 2.22. The molecule has 6 nitrogen and oxygen atoms in total. The zero-order chi connectivity index (χ0) is 13.9. The Balaban J connectivity index is 1.93. The van der Waals surface area contributed by atoms with Crippen LogP contribution in [-0.4, -0.2) is 54.7 Å². The highest BCUT2D eigenvalue weighted by Crippen LogP contribution is 2.12. The van der Waals surface area contributed by atoms with Crippen LogP contribution in [0.5, 0.6) is 0 Å². The van der Waals surface area contributed by atoms with Crippen LogP contribution in [0.1, 0.15) is 24.8 Å². The molecule has 0 unspecified atom stereocenters. The molecule has 1 aromatic heterocycles. The van der Waals surface area contributed by atoms with Crippen LogP contribution < -0.4 is 0 Å². The first kappa shape index (κ1) is 14.5. The highest BCUT2D eigenvalue weighted by atomic mass is 32.2.